The molecule has 2 amide bonds. The largest absolute Gasteiger partial charge is 0.340 e. The van der Waals surface area contributed by atoms with E-state index in [2.05, 4.69) is 4.90 Å². The highest BCUT2D eigenvalue weighted by atomic mass is 35.5. The van der Waals surface area contributed by atoms with Crippen molar-refractivity contribution in [3.63, 3.8) is 0 Å². The molecule has 37 heavy (non-hydrogen) atoms. The van der Waals surface area contributed by atoms with Crippen LogP contribution in [0.5, 0.6) is 0 Å². The van der Waals surface area contributed by atoms with Crippen LogP contribution in [0.15, 0.2) is 42.5 Å². The molecule has 1 saturated carbocycles. The molecule has 2 saturated heterocycles. The van der Waals surface area contributed by atoms with Gasteiger partial charge < -0.3 is 14.7 Å². The number of likely N-dealkylation sites (N-methyl/N-ethyl adjacent to an activating group) is 1. The monoisotopic (exact) mass is 561 g/mol. The standard InChI is InChI=1S/C29H34Cl3N3O2/c1-33(28(36)14-19-4-7-23(30)8-5-19)27-18-35(17-24(27)22-6-9-25(31)26(32)15-22)29(37)21-10-12-34(13-11-21)16-20-2-3-20/h4-9,15,20-21,24,27H,2-3,10-14,16-18H2,1H3. The molecule has 0 spiro atoms. The summed E-state index contributed by atoms with van der Waals surface area (Å²) in [6, 6.07) is 12.9. The molecule has 2 atom stereocenters. The number of amides is 2. The lowest BCUT2D eigenvalue weighted by atomic mass is 9.93. The fourth-order valence-corrected chi connectivity index (χ4v) is 6.23. The molecule has 5 nitrogen and oxygen atoms in total. The maximum absolute atomic E-state index is 13.6. The van der Waals surface area contributed by atoms with Crippen LogP contribution in [0.3, 0.4) is 0 Å². The molecule has 2 heterocycles. The lowest BCUT2D eigenvalue weighted by Gasteiger charge is -2.33. The minimum Gasteiger partial charge on any atom is -0.340 e. The molecule has 2 unspecified atom stereocenters. The fourth-order valence-electron chi connectivity index (χ4n) is 5.80. The van der Waals surface area contributed by atoms with Crippen LogP contribution in [0.4, 0.5) is 0 Å². The van der Waals surface area contributed by atoms with Crippen molar-refractivity contribution in [2.75, 3.05) is 39.8 Å². The van der Waals surface area contributed by atoms with Gasteiger partial charge in [-0.3, -0.25) is 9.59 Å². The van der Waals surface area contributed by atoms with Gasteiger partial charge in [0.1, 0.15) is 0 Å². The van der Waals surface area contributed by atoms with Gasteiger partial charge in [0.25, 0.3) is 0 Å². The van der Waals surface area contributed by atoms with E-state index in [-0.39, 0.29) is 36.1 Å². The van der Waals surface area contributed by atoms with Crippen LogP contribution in [0.2, 0.25) is 15.1 Å². The lowest BCUT2D eigenvalue weighted by molar-refractivity contribution is -0.137. The maximum Gasteiger partial charge on any atom is 0.227 e. The Morgan fingerprint density at radius 2 is 1.62 bits per heavy atom. The summed E-state index contributed by atoms with van der Waals surface area (Å²) >= 11 is 18.6. The fraction of sp³-hybridized carbons (Fsp3) is 0.517. The first kappa shape index (κ1) is 26.8. The molecular weight excluding hydrogens is 529 g/mol. The Bertz CT molecular complexity index is 1130. The predicted octanol–water partition coefficient (Wildman–Crippen LogP) is 5.76. The van der Waals surface area contributed by atoms with Crippen molar-refractivity contribution in [2.24, 2.45) is 11.8 Å². The number of hydrogen-bond acceptors (Lipinski definition) is 3. The molecule has 198 valence electrons. The Hall–Kier alpha value is -1.79. The van der Waals surface area contributed by atoms with Gasteiger partial charge in [-0.15, -0.1) is 0 Å². The van der Waals surface area contributed by atoms with E-state index in [1.54, 1.807) is 18.2 Å². The van der Waals surface area contributed by atoms with E-state index in [1.165, 1.54) is 19.4 Å². The molecule has 5 rings (SSSR count). The molecule has 3 aliphatic rings. The number of rotatable bonds is 7. The first-order valence-corrected chi connectivity index (χ1v) is 14.4. The van der Waals surface area contributed by atoms with Crippen molar-refractivity contribution in [3.05, 3.63) is 68.7 Å². The molecule has 0 bridgehead atoms. The second-order valence-electron chi connectivity index (χ2n) is 10.9. The highest BCUT2D eigenvalue weighted by molar-refractivity contribution is 6.42. The Morgan fingerprint density at radius 3 is 2.27 bits per heavy atom. The Labute approximate surface area is 234 Å². The summed E-state index contributed by atoms with van der Waals surface area (Å²) in [6.45, 7) is 4.28. The van der Waals surface area contributed by atoms with Crippen LogP contribution in [0.1, 0.15) is 42.7 Å². The van der Waals surface area contributed by atoms with Crippen LogP contribution in [0.25, 0.3) is 0 Å². The average Bonchev–Trinajstić information content (AvgIpc) is 3.60. The summed E-state index contributed by atoms with van der Waals surface area (Å²) in [5.74, 6) is 1.13. The number of piperidine rings is 1. The van der Waals surface area contributed by atoms with Crippen molar-refractivity contribution in [2.45, 2.75) is 44.1 Å². The molecule has 2 aromatic carbocycles. The molecule has 0 N–H and O–H groups in total. The van der Waals surface area contributed by atoms with E-state index in [4.69, 9.17) is 34.8 Å². The van der Waals surface area contributed by atoms with Gasteiger partial charge in [0.05, 0.1) is 22.5 Å². The first-order chi connectivity index (χ1) is 17.8. The highest BCUT2D eigenvalue weighted by Crippen LogP contribution is 2.36. The molecule has 3 fully saturated rings. The van der Waals surface area contributed by atoms with Gasteiger partial charge in [-0.25, -0.2) is 0 Å². The van der Waals surface area contributed by atoms with E-state index in [1.807, 2.05) is 41.1 Å². The summed E-state index contributed by atoms with van der Waals surface area (Å²) in [4.78, 5) is 33.3. The summed E-state index contributed by atoms with van der Waals surface area (Å²) in [5, 5.41) is 1.63. The molecule has 0 aromatic heterocycles. The number of carbonyl (C=O) groups is 2. The number of nitrogens with zero attached hydrogens (tertiary/aromatic N) is 3. The zero-order valence-electron chi connectivity index (χ0n) is 21.2. The van der Waals surface area contributed by atoms with E-state index in [0.29, 0.717) is 28.2 Å². The van der Waals surface area contributed by atoms with Crippen molar-refractivity contribution < 1.29 is 9.59 Å². The smallest absolute Gasteiger partial charge is 0.227 e. The number of halogens is 3. The third kappa shape index (κ3) is 6.44. The van der Waals surface area contributed by atoms with Crippen molar-refractivity contribution in [1.29, 1.82) is 0 Å². The van der Waals surface area contributed by atoms with Gasteiger partial charge in [-0.05, 0) is 80.1 Å². The van der Waals surface area contributed by atoms with Gasteiger partial charge in [-0.1, -0.05) is 53.0 Å². The first-order valence-electron chi connectivity index (χ1n) is 13.2. The molecule has 8 heteroatoms. The quantitative estimate of drug-likeness (QED) is 0.431. The van der Waals surface area contributed by atoms with E-state index in [9.17, 15) is 9.59 Å². The number of carbonyl (C=O) groups excluding carboxylic acids is 2. The topological polar surface area (TPSA) is 43.9 Å². The van der Waals surface area contributed by atoms with Gasteiger partial charge in [0.15, 0.2) is 0 Å². The summed E-state index contributed by atoms with van der Waals surface area (Å²) in [6.07, 6.45) is 4.82. The van der Waals surface area contributed by atoms with Crippen LogP contribution in [0, 0.1) is 11.8 Å². The number of likely N-dealkylation sites (tertiary alicyclic amines) is 2. The number of hydrogen-bond donors (Lipinski definition) is 0. The third-order valence-electron chi connectivity index (χ3n) is 8.28. The van der Waals surface area contributed by atoms with Crippen LogP contribution >= 0.6 is 34.8 Å². The second-order valence-corrected chi connectivity index (χ2v) is 12.2. The van der Waals surface area contributed by atoms with Crippen LogP contribution in [-0.4, -0.2) is 72.3 Å². The van der Waals surface area contributed by atoms with Gasteiger partial charge >= 0.3 is 0 Å². The normalized spacial score (nSPS) is 22.9. The molecule has 0 radical (unpaired) electrons. The zero-order valence-corrected chi connectivity index (χ0v) is 23.5. The predicted molar refractivity (Wildman–Crippen MR) is 149 cm³/mol. The molecular formula is C29H34Cl3N3O2. The van der Waals surface area contributed by atoms with Gasteiger partial charge in [0, 0.05) is 43.5 Å². The summed E-state index contributed by atoms with van der Waals surface area (Å²) in [5.41, 5.74) is 1.91. The van der Waals surface area contributed by atoms with Crippen LogP contribution < -0.4 is 0 Å². The molecule has 2 aromatic rings. The maximum atomic E-state index is 13.6. The number of benzene rings is 2. The van der Waals surface area contributed by atoms with E-state index < -0.39 is 0 Å². The van der Waals surface area contributed by atoms with Crippen molar-refractivity contribution in [1.82, 2.24) is 14.7 Å². The van der Waals surface area contributed by atoms with Crippen LogP contribution in [-0.2, 0) is 16.0 Å². The highest BCUT2D eigenvalue weighted by Gasteiger charge is 2.42. The minimum absolute atomic E-state index is 0.0140. The summed E-state index contributed by atoms with van der Waals surface area (Å²) in [7, 11) is 1.85. The van der Waals surface area contributed by atoms with Crippen molar-refractivity contribution >= 4 is 46.6 Å². The molecule has 2 aliphatic heterocycles. The Morgan fingerprint density at radius 1 is 0.919 bits per heavy atom. The Balaban J connectivity index is 1.30. The lowest BCUT2D eigenvalue weighted by Crippen LogP contribution is -2.45. The van der Waals surface area contributed by atoms with E-state index >= 15 is 0 Å². The Kier molecular flexibility index (Phi) is 8.35. The molecule has 1 aliphatic carbocycles. The third-order valence-corrected chi connectivity index (χ3v) is 9.27. The van der Waals surface area contributed by atoms with Gasteiger partial charge in [-0.2, -0.15) is 0 Å². The second kappa shape index (κ2) is 11.5. The van der Waals surface area contributed by atoms with E-state index in [0.717, 1.165) is 43.0 Å². The summed E-state index contributed by atoms with van der Waals surface area (Å²) < 4.78 is 0. The average molecular weight is 563 g/mol. The van der Waals surface area contributed by atoms with Crippen molar-refractivity contribution in [3.8, 4) is 0 Å². The SMILES string of the molecule is CN(C(=O)Cc1ccc(Cl)cc1)C1CN(C(=O)C2CCN(CC3CC3)CC2)CC1c1ccc(Cl)c(Cl)c1. The van der Waals surface area contributed by atoms with Gasteiger partial charge in [0.2, 0.25) is 11.8 Å². The zero-order chi connectivity index (χ0) is 26.1. The minimum atomic E-state index is -0.143.